The Kier molecular flexibility index (Phi) is 8.13. The third kappa shape index (κ3) is 7.21. The second-order valence-corrected chi connectivity index (χ2v) is 8.63. The van der Waals surface area contributed by atoms with Crippen LogP contribution in [0.5, 0.6) is 0 Å². The van der Waals surface area contributed by atoms with Crippen LogP contribution in [-0.4, -0.2) is 53.1 Å². The van der Waals surface area contributed by atoms with Crippen molar-refractivity contribution in [2.24, 2.45) is 5.92 Å². The highest BCUT2D eigenvalue weighted by atomic mass is 32.1. The van der Waals surface area contributed by atoms with E-state index in [2.05, 4.69) is 32.7 Å². The Labute approximate surface area is 175 Å². The maximum absolute atomic E-state index is 12.2. The second-order valence-electron chi connectivity index (χ2n) is 7.57. The molecule has 1 atom stereocenters. The largest absolute Gasteiger partial charge is 0.356 e. The molecule has 0 radical (unpaired) electrons. The van der Waals surface area contributed by atoms with Gasteiger partial charge in [-0.3, -0.25) is 9.59 Å². The summed E-state index contributed by atoms with van der Waals surface area (Å²) < 4.78 is 0. The first-order valence-electron chi connectivity index (χ1n) is 10.3. The first-order valence-corrected chi connectivity index (χ1v) is 11.1. The maximum atomic E-state index is 12.2. The van der Waals surface area contributed by atoms with Crippen LogP contribution in [0.1, 0.15) is 47.4 Å². The van der Waals surface area contributed by atoms with Crippen molar-refractivity contribution in [3.8, 4) is 0 Å². The lowest BCUT2D eigenvalue weighted by Crippen LogP contribution is -2.36. The van der Waals surface area contributed by atoms with Crippen molar-refractivity contribution in [1.29, 1.82) is 0 Å². The van der Waals surface area contributed by atoms with E-state index in [1.807, 2.05) is 30.3 Å². The lowest BCUT2D eigenvalue weighted by atomic mass is 10.0. The molecule has 7 nitrogen and oxygen atoms in total. The first kappa shape index (κ1) is 21.4. The van der Waals surface area contributed by atoms with Gasteiger partial charge in [0.1, 0.15) is 5.01 Å². The minimum Gasteiger partial charge on any atom is -0.356 e. The number of aromatic nitrogens is 2. The van der Waals surface area contributed by atoms with Crippen LogP contribution < -0.4 is 10.6 Å². The van der Waals surface area contributed by atoms with Crippen LogP contribution in [0.15, 0.2) is 30.3 Å². The standard InChI is InChI=1S/C21H29N5O2S/c1-16-7-5-13-26(15-16)14-6-12-22-18(27)10-11-19-24-25-21(29-19)20(28)23-17-8-3-2-4-9-17/h2-4,8-9,16H,5-7,10-15H2,1H3,(H,22,27)(H,23,28). The van der Waals surface area contributed by atoms with E-state index in [1.165, 1.54) is 37.3 Å². The molecule has 1 aliphatic heterocycles. The number of carbonyl (C=O) groups excluding carboxylic acids is 2. The molecule has 3 rings (SSSR count). The fourth-order valence-electron chi connectivity index (χ4n) is 3.48. The highest BCUT2D eigenvalue weighted by molar-refractivity contribution is 7.13. The van der Waals surface area contributed by atoms with Crippen LogP contribution in [0.4, 0.5) is 5.69 Å². The van der Waals surface area contributed by atoms with Gasteiger partial charge < -0.3 is 15.5 Å². The number of rotatable bonds is 9. The van der Waals surface area contributed by atoms with Gasteiger partial charge in [0, 0.05) is 31.6 Å². The van der Waals surface area contributed by atoms with E-state index in [-0.39, 0.29) is 11.8 Å². The first-order chi connectivity index (χ1) is 14.1. The Bertz CT molecular complexity index is 795. The van der Waals surface area contributed by atoms with Gasteiger partial charge in [0.15, 0.2) is 0 Å². The van der Waals surface area contributed by atoms with Gasteiger partial charge in [0.2, 0.25) is 10.9 Å². The Balaban J connectivity index is 1.32. The molecular formula is C21H29N5O2S. The van der Waals surface area contributed by atoms with Gasteiger partial charge in [-0.1, -0.05) is 36.5 Å². The zero-order valence-corrected chi connectivity index (χ0v) is 17.7. The van der Waals surface area contributed by atoms with E-state index in [0.29, 0.717) is 35.1 Å². The second kappa shape index (κ2) is 11.0. The van der Waals surface area contributed by atoms with E-state index in [1.54, 1.807) is 0 Å². The van der Waals surface area contributed by atoms with Crippen molar-refractivity contribution >= 4 is 28.8 Å². The molecule has 2 heterocycles. The monoisotopic (exact) mass is 415 g/mol. The average molecular weight is 416 g/mol. The highest BCUT2D eigenvalue weighted by Crippen LogP contribution is 2.16. The summed E-state index contributed by atoms with van der Waals surface area (Å²) in [4.78, 5) is 26.7. The molecule has 29 heavy (non-hydrogen) atoms. The molecule has 1 fully saturated rings. The predicted molar refractivity (Wildman–Crippen MR) is 115 cm³/mol. The molecule has 156 valence electrons. The number of anilines is 1. The van der Waals surface area contributed by atoms with Gasteiger partial charge in [0.25, 0.3) is 5.91 Å². The zero-order valence-electron chi connectivity index (χ0n) is 16.9. The number of carbonyl (C=O) groups is 2. The summed E-state index contributed by atoms with van der Waals surface area (Å²) in [6.45, 7) is 6.39. The number of hydrogen-bond acceptors (Lipinski definition) is 6. The normalized spacial score (nSPS) is 17.1. The van der Waals surface area contributed by atoms with Gasteiger partial charge in [-0.15, -0.1) is 10.2 Å². The van der Waals surface area contributed by atoms with Crippen LogP contribution in [0.25, 0.3) is 0 Å². The number of para-hydroxylation sites is 1. The molecule has 1 aromatic heterocycles. The Morgan fingerprint density at radius 2 is 2.07 bits per heavy atom. The number of nitrogens with zero attached hydrogens (tertiary/aromatic N) is 3. The average Bonchev–Trinajstić information content (AvgIpc) is 3.20. The molecule has 2 aromatic rings. The van der Waals surface area contributed by atoms with E-state index in [9.17, 15) is 9.59 Å². The van der Waals surface area contributed by atoms with Crippen molar-refractivity contribution in [1.82, 2.24) is 20.4 Å². The van der Waals surface area contributed by atoms with Crippen LogP contribution >= 0.6 is 11.3 Å². The number of aryl methyl sites for hydroxylation is 1. The van der Waals surface area contributed by atoms with Crippen LogP contribution in [-0.2, 0) is 11.2 Å². The number of nitrogens with one attached hydrogen (secondary N) is 2. The van der Waals surface area contributed by atoms with Crippen molar-refractivity contribution in [2.45, 2.75) is 39.0 Å². The predicted octanol–water partition coefficient (Wildman–Crippen LogP) is 2.96. The molecule has 0 saturated carbocycles. The molecule has 0 bridgehead atoms. The van der Waals surface area contributed by atoms with E-state index >= 15 is 0 Å². The molecule has 1 aromatic carbocycles. The molecule has 1 aliphatic rings. The molecule has 0 spiro atoms. The molecule has 8 heteroatoms. The van der Waals surface area contributed by atoms with Gasteiger partial charge in [-0.2, -0.15) is 0 Å². The van der Waals surface area contributed by atoms with E-state index < -0.39 is 0 Å². The number of amides is 2. The van der Waals surface area contributed by atoms with Gasteiger partial charge in [0.05, 0.1) is 0 Å². The van der Waals surface area contributed by atoms with Crippen LogP contribution in [0.2, 0.25) is 0 Å². The summed E-state index contributed by atoms with van der Waals surface area (Å²) in [5.41, 5.74) is 0.715. The smallest absolute Gasteiger partial charge is 0.286 e. The molecule has 2 N–H and O–H groups in total. The Hall–Kier alpha value is -2.32. The molecule has 2 amide bonds. The SMILES string of the molecule is CC1CCCN(CCCNC(=O)CCc2nnc(C(=O)Nc3ccccc3)s2)C1. The van der Waals surface area contributed by atoms with Gasteiger partial charge in [-0.05, 0) is 50.4 Å². The molecule has 1 unspecified atom stereocenters. The molecule has 1 saturated heterocycles. The summed E-state index contributed by atoms with van der Waals surface area (Å²) in [6.07, 6.45) is 4.43. The third-order valence-corrected chi connectivity index (χ3v) is 5.95. The van der Waals surface area contributed by atoms with Crippen molar-refractivity contribution < 1.29 is 9.59 Å². The van der Waals surface area contributed by atoms with Crippen LogP contribution in [0.3, 0.4) is 0 Å². The van der Waals surface area contributed by atoms with E-state index in [4.69, 9.17) is 0 Å². The molecule has 0 aliphatic carbocycles. The lowest BCUT2D eigenvalue weighted by Gasteiger charge is -2.30. The summed E-state index contributed by atoms with van der Waals surface area (Å²) >= 11 is 1.23. The fourth-order valence-corrected chi connectivity index (χ4v) is 4.22. The number of piperidine rings is 1. The zero-order chi connectivity index (χ0) is 20.5. The van der Waals surface area contributed by atoms with Crippen molar-refractivity contribution in [3.63, 3.8) is 0 Å². The van der Waals surface area contributed by atoms with E-state index in [0.717, 1.165) is 18.9 Å². The quantitative estimate of drug-likeness (QED) is 0.615. The number of benzene rings is 1. The number of likely N-dealkylation sites (tertiary alicyclic amines) is 1. The highest BCUT2D eigenvalue weighted by Gasteiger charge is 2.16. The maximum Gasteiger partial charge on any atom is 0.286 e. The third-order valence-electron chi connectivity index (χ3n) is 4.97. The Morgan fingerprint density at radius 1 is 1.24 bits per heavy atom. The van der Waals surface area contributed by atoms with Gasteiger partial charge >= 0.3 is 0 Å². The van der Waals surface area contributed by atoms with Crippen molar-refractivity contribution in [3.05, 3.63) is 40.3 Å². The minimum absolute atomic E-state index is 0.0162. The minimum atomic E-state index is -0.281. The lowest BCUT2D eigenvalue weighted by molar-refractivity contribution is -0.121. The summed E-state index contributed by atoms with van der Waals surface area (Å²) in [5, 5.41) is 14.7. The summed E-state index contributed by atoms with van der Waals surface area (Å²) in [6, 6.07) is 9.23. The molecular weight excluding hydrogens is 386 g/mol. The summed E-state index contributed by atoms with van der Waals surface area (Å²) in [5.74, 6) is 0.517. The Morgan fingerprint density at radius 3 is 2.86 bits per heavy atom. The summed E-state index contributed by atoms with van der Waals surface area (Å²) in [7, 11) is 0. The topological polar surface area (TPSA) is 87.2 Å². The van der Waals surface area contributed by atoms with Gasteiger partial charge in [-0.25, -0.2) is 0 Å². The number of hydrogen-bond donors (Lipinski definition) is 2. The van der Waals surface area contributed by atoms with Crippen molar-refractivity contribution in [2.75, 3.05) is 31.5 Å². The fraction of sp³-hybridized carbons (Fsp3) is 0.524. The van der Waals surface area contributed by atoms with Crippen LogP contribution in [0, 0.1) is 5.92 Å².